The molecular formula is C16H22ClNO. The molecule has 1 spiro atoms. The minimum Gasteiger partial charge on any atom is -0.378 e. The van der Waals surface area contributed by atoms with Crippen molar-refractivity contribution in [3.63, 3.8) is 0 Å². The standard InChI is InChI=1S/C16H22ClNO/c1-2-19-14-9-16(10-14)7-8-18-11-15(16)12-3-5-13(17)6-4-12/h3-6,14-15,18H,2,7-11H2,1H3. The van der Waals surface area contributed by atoms with Crippen LogP contribution < -0.4 is 5.32 Å². The van der Waals surface area contributed by atoms with Crippen LogP contribution in [-0.4, -0.2) is 25.8 Å². The van der Waals surface area contributed by atoms with Gasteiger partial charge in [-0.2, -0.15) is 0 Å². The van der Waals surface area contributed by atoms with Crippen molar-refractivity contribution in [1.82, 2.24) is 5.32 Å². The van der Waals surface area contributed by atoms with E-state index in [0.29, 0.717) is 17.4 Å². The Labute approximate surface area is 120 Å². The van der Waals surface area contributed by atoms with E-state index in [4.69, 9.17) is 16.3 Å². The number of hydrogen-bond acceptors (Lipinski definition) is 2. The van der Waals surface area contributed by atoms with Crippen LogP contribution in [0.4, 0.5) is 0 Å². The summed E-state index contributed by atoms with van der Waals surface area (Å²) >= 11 is 6.00. The first-order valence-electron chi connectivity index (χ1n) is 7.31. The minimum atomic E-state index is 0.457. The lowest BCUT2D eigenvalue weighted by Gasteiger charge is -2.55. The fourth-order valence-electron chi connectivity index (χ4n) is 3.83. The van der Waals surface area contributed by atoms with Gasteiger partial charge in [-0.25, -0.2) is 0 Å². The van der Waals surface area contributed by atoms with Crippen molar-refractivity contribution >= 4 is 11.6 Å². The molecular weight excluding hydrogens is 258 g/mol. The summed E-state index contributed by atoms with van der Waals surface area (Å²) in [4.78, 5) is 0. The Balaban J connectivity index is 1.77. The Hall–Kier alpha value is -0.570. The van der Waals surface area contributed by atoms with Gasteiger partial charge in [0.1, 0.15) is 0 Å². The molecule has 0 aromatic heterocycles. The SMILES string of the molecule is CCOC1CC2(CCNCC2c2ccc(Cl)cc2)C1. The third-order valence-electron chi connectivity index (χ3n) is 4.83. The molecule has 2 aliphatic rings. The number of halogens is 1. The van der Waals surface area contributed by atoms with Gasteiger partial charge in [0.05, 0.1) is 6.10 Å². The highest BCUT2D eigenvalue weighted by atomic mass is 35.5. The maximum absolute atomic E-state index is 6.00. The van der Waals surface area contributed by atoms with E-state index in [1.54, 1.807) is 0 Å². The second-order valence-electron chi connectivity index (χ2n) is 5.91. The summed E-state index contributed by atoms with van der Waals surface area (Å²) in [6.07, 6.45) is 4.19. The van der Waals surface area contributed by atoms with Crippen molar-refractivity contribution in [2.75, 3.05) is 19.7 Å². The maximum Gasteiger partial charge on any atom is 0.0586 e. The number of piperidine rings is 1. The predicted octanol–water partition coefficient (Wildman–Crippen LogP) is 3.60. The van der Waals surface area contributed by atoms with Gasteiger partial charge in [0.15, 0.2) is 0 Å². The van der Waals surface area contributed by atoms with Crippen molar-refractivity contribution in [2.24, 2.45) is 5.41 Å². The quantitative estimate of drug-likeness (QED) is 0.913. The molecule has 1 atom stereocenters. The van der Waals surface area contributed by atoms with Crippen LogP contribution in [-0.2, 0) is 4.74 Å². The summed E-state index contributed by atoms with van der Waals surface area (Å²) in [6, 6.07) is 8.40. The number of benzene rings is 1. The van der Waals surface area contributed by atoms with E-state index < -0.39 is 0 Å². The molecule has 19 heavy (non-hydrogen) atoms. The molecule has 0 amide bonds. The predicted molar refractivity (Wildman–Crippen MR) is 78.8 cm³/mol. The van der Waals surface area contributed by atoms with E-state index in [2.05, 4.69) is 24.4 Å². The van der Waals surface area contributed by atoms with Crippen molar-refractivity contribution in [2.45, 2.75) is 38.2 Å². The van der Waals surface area contributed by atoms with Crippen molar-refractivity contribution in [3.8, 4) is 0 Å². The topological polar surface area (TPSA) is 21.3 Å². The number of ether oxygens (including phenoxy) is 1. The first kappa shape index (κ1) is 13.4. The average molecular weight is 280 g/mol. The molecule has 1 aromatic rings. The third kappa shape index (κ3) is 2.54. The molecule has 1 aromatic carbocycles. The van der Waals surface area contributed by atoms with Crippen LogP contribution in [0, 0.1) is 5.41 Å². The van der Waals surface area contributed by atoms with Gasteiger partial charge in [-0.05, 0) is 55.8 Å². The lowest BCUT2D eigenvalue weighted by Crippen LogP contribution is -2.53. The van der Waals surface area contributed by atoms with Crippen LogP contribution in [0.15, 0.2) is 24.3 Å². The van der Waals surface area contributed by atoms with E-state index in [-0.39, 0.29) is 0 Å². The highest BCUT2D eigenvalue weighted by molar-refractivity contribution is 6.30. The van der Waals surface area contributed by atoms with Crippen LogP contribution in [0.5, 0.6) is 0 Å². The van der Waals surface area contributed by atoms with E-state index in [0.717, 1.165) is 24.7 Å². The second-order valence-corrected chi connectivity index (χ2v) is 6.34. The Kier molecular flexibility index (Phi) is 3.84. The highest BCUT2D eigenvalue weighted by Gasteiger charge is 2.51. The van der Waals surface area contributed by atoms with Gasteiger partial charge < -0.3 is 10.1 Å². The van der Waals surface area contributed by atoms with Gasteiger partial charge in [0.2, 0.25) is 0 Å². The Bertz CT molecular complexity index is 425. The average Bonchev–Trinajstić information content (AvgIpc) is 2.39. The number of nitrogens with one attached hydrogen (secondary N) is 1. The van der Waals surface area contributed by atoms with E-state index in [1.807, 2.05) is 12.1 Å². The highest BCUT2D eigenvalue weighted by Crippen LogP contribution is 2.55. The first-order valence-corrected chi connectivity index (χ1v) is 7.69. The summed E-state index contributed by atoms with van der Waals surface area (Å²) in [5.41, 5.74) is 1.88. The van der Waals surface area contributed by atoms with Gasteiger partial charge in [-0.15, -0.1) is 0 Å². The van der Waals surface area contributed by atoms with Gasteiger partial charge in [-0.1, -0.05) is 23.7 Å². The van der Waals surface area contributed by atoms with Crippen molar-refractivity contribution in [3.05, 3.63) is 34.9 Å². The van der Waals surface area contributed by atoms with Crippen molar-refractivity contribution < 1.29 is 4.74 Å². The van der Waals surface area contributed by atoms with Gasteiger partial charge in [0, 0.05) is 24.1 Å². The molecule has 1 saturated carbocycles. The number of rotatable bonds is 3. The third-order valence-corrected chi connectivity index (χ3v) is 5.08. The van der Waals surface area contributed by atoms with Crippen LogP contribution in [0.3, 0.4) is 0 Å². The lowest BCUT2D eigenvalue weighted by molar-refractivity contribution is -0.0995. The Morgan fingerprint density at radius 2 is 2.05 bits per heavy atom. The fraction of sp³-hybridized carbons (Fsp3) is 0.625. The van der Waals surface area contributed by atoms with Gasteiger partial charge >= 0.3 is 0 Å². The minimum absolute atomic E-state index is 0.457. The summed E-state index contributed by atoms with van der Waals surface area (Å²) in [6.45, 7) is 5.15. The molecule has 0 radical (unpaired) electrons. The van der Waals surface area contributed by atoms with Crippen LogP contribution in [0.2, 0.25) is 5.02 Å². The molecule has 104 valence electrons. The van der Waals surface area contributed by atoms with E-state index in [9.17, 15) is 0 Å². The molecule has 1 aliphatic heterocycles. The van der Waals surface area contributed by atoms with E-state index in [1.165, 1.54) is 24.8 Å². The Morgan fingerprint density at radius 3 is 2.74 bits per heavy atom. The number of hydrogen-bond donors (Lipinski definition) is 1. The summed E-state index contributed by atoms with van der Waals surface area (Å²) in [5.74, 6) is 0.607. The van der Waals surface area contributed by atoms with Crippen LogP contribution in [0.25, 0.3) is 0 Å². The normalized spacial score (nSPS) is 34.2. The zero-order chi connectivity index (χ0) is 13.3. The summed E-state index contributed by atoms with van der Waals surface area (Å²) in [7, 11) is 0. The largest absolute Gasteiger partial charge is 0.378 e. The lowest BCUT2D eigenvalue weighted by atomic mass is 9.55. The molecule has 3 rings (SSSR count). The molecule has 2 nitrogen and oxygen atoms in total. The first-order chi connectivity index (χ1) is 9.23. The molecule has 1 unspecified atom stereocenters. The monoisotopic (exact) mass is 279 g/mol. The second kappa shape index (κ2) is 5.43. The van der Waals surface area contributed by atoms with Crippen LogP contribution >= 0.6 is 11.6 Å². The van der Waals surface area contributed by atoms with Gasteiger partial charge in [0.25, 0.3) is 0 Å². The Morgan fingerprint density at radius 1 is 1.32 bits per heavy atom. The molecule has 1 aliphatic carbocycles. The molecule has 0 bridgehead atoms. The summed E-state index contributed by atoms with van der Waals surface area (Å²) in [5, 5.41) is 4.37. The molecule has 1 N–H and O–H groups in total. The van der Waals surface area contributed by atoms with E-state index >= 15 is 0 Å². The molecule has 1 heterocycles. The fourth-order valence-corrected chi connectivity index (χ4v) is 3.96. The van der Waals surface area contributed by atoms with Gasteiger partial charge in [-0.3, -0.25) is 0 Å². The zero-order valence-corrected chi connectivity index (χ0v) is 12.2. The van der Waals surface area contributed by atoms with Crippen LogP contribution in [0.1, 0.15) is 37.7 Å². The van der Waals surface area contributed by atoms with Crippen molar-refractivity contribution in [1.29, 1.82) is 0 Å². The maximum atomic E-state index is 6.00. The molecule has 2 fully saturated rings. The molecule has 3 heteroatoms. The smallest absolute Gasteiger partial charge is 0.0586 e. The zero-order valence-electron chi connectivity index (χ0n) is 11.5. The summed E-state index contributed by atoms with van der Waals surface area (Å²) < 4.78 is 5.77. The molecule has 1 saturated heterocycles.